The van der Waals surface area contributed by atoms with Crippen LogP contribution in [0.1, 0.15) is 22.8 Å². The first-order valence-corrected chi connectivity index (χ1v) is 10.8. The first-order valence-electron chi connectivity index (χ1n) is 8.06. The summed E-state index contributed by atoms with van der Waals surface area (Å²) in [6.45, 7) is 1.89. The van der Waals surface area contributed by atoms with Gasteiger partial charge in [0.2, 0.25) is 10.0 Å². The van der Waals surface area contributed by atoms with Crippen molar-refractivity contribution in [1.82, 2.24) is 0 Å². The van der Waals surface area contributed by atoms with Crippen LogP contribution >= 0.6 is 27.5 Å². The van der Waals surface area contributed by atoms with Crippen LogP contribution < -0.4 is 9.04 Å². The van der Waals surface area contributed by atoms with Crippen LogP contribution in [-0.4, -0.2) is 33.1 Å². The van der Waals surface area contributed by atoms with Gasteiger partial charge in [-0.05, 0) is 55.3 Å². The highest BCUT2D eigenvalue weighted by Gasteiger charge is 2.28. The van der Waals surface area contributed by atoms with Crippen molar-refractivity contribution in [1.29, 1.82) is 0 Å². The fourth-order valence-electron chi connectivity index (χ4n) is 2.81. The summed E-state index contributed by atoms with van der Waals surface area (Å²) in [5.74, 6) is 0.294. The maximum absolute atomic E-state index is 12.4. The highest BCUT2D eigenvalue weighted by atomic mass is 79.9. The Hall–Kier alpha value is -1.57. The number of Topliss-reactive ketones (excluding diaryl/α,β-unsaturated/α-hetero) is 1. The Morgan fingerprint density at radius 3 is 2.73 bits per heavy atom. The standard InChI is InChI=1S/C18H17BrClNO4S/c1-2-26(23,24)21-8-7-12-9-13(3-5-16(12)21)17(22)11-25-18-6-4-14(19)10-15(18)20/h3-6,9-10H,2,7-8,11H2,1H3. The van der Waals surface area contributed by atoms with Crippen LogP contribution in [0.3, 0.4) is 0 Å². The molecule has 0 aromatic heterocycles. The summed E-state index contributed by atoms with van der Waals surface area (Å²) >= 11 is 9.39. The number of nitrogens with zero attached hydrogens (tertiary/aromatic N) is 1. The van der Waals surface area contributed by atoms with Crippen molar-refractivity contribution in [2.45, 2.75) is 13.3 Å². The Balaban J connectivity index is 1.74. The number of ether oxygens (including phenoxy) is 1. The number of hydrogen-bond acceptors (Lipinski definition) is 4. The van der Waals surface area contributed by atoms with Crippen molar-refractivity contribution < 1.29 is 17.9 Å². The number of ketones is 1. The van der Waals surface area contributed by atoms with Gasteiger partial charge in [0.1, 0.15) is 5.75 Å². The fraction of sp³-hybridized carbons (Fsp3) is 0.278. The van der Waals surface area contributed by atoms with E-state index in [9.17, 15) is 13.2 Å². The molecule has 0 bridgehead atoms. The molecule has 0 aliphatic carbocycles. The van der Waals surface area contributed by atoms with Crippen molar-refractivity contribution in [3.05, 3.63) is 57.0 Å². The zero-order valence-electron chi connectivity index (χ0n) is 14.0. The maximum atomic E-state index is 12.4. The third-order valence-corrected chi connectivity index (χ3v) is 6.78. The zero-order chi connectivity index (χ0) is 18.9. The molecule has 0 saturated carbocycles. The first-order chi connectivity index (χ1) is 12.3. The number of hydrogen-bond donors (Lipinski definition) is 0. The van der Waals surface area contributed by atoms with Crippen LogP contribution in [0.25, 0.3) is 0 Å². The van der Waals surface area contributed by atoms with E-state index in [1.165, 1.54) is 4.31 Å². The van der Waals surface area contributed by atoms with Crippen LogP contribution in [0.15, 0.2) is 40.9 Å². The average molecular weight is 459 g/mol. The topological polar surface area (TPSA) is 63.7 Å². The quantitative estimate of drug-likeness (QED) is 0.612. The predicted molar refractivity (Wildman–Crippen MR) is 106 cm³/mol. The lowest BCUT2D eigenvalue weighted by Gasteiger charge is -2.18. The second kappa shape index (κ2) is 7.58. The number of sulfonamides is 1. The lowest BCUT2D eigenvalue weighted by molar-refractivity contribution is 0.0921. The molecule has 138 valence electrons. The van der Waals surface area contributed by atoms with E-state index < -0.39 is 10.0 Å². The largest absolute Gasteiger partial charge is 0.484 e. The number of rotatable bonds is 6. The van der Waals surface area contributed by atoms with Crippen molar-refractivity contribution in [2.24, 2.45) is 0 Å². The van der Waals surface area contributed by atoms with Crippen LogP contribution in [0.2, 0.25) is 5.02 Å². The second-order valence-corrected chi connectivity index (χ2v) is 9.36. The first kappa shape index (κ1) is 19.2. The van der Waals surface area contributed by atoms with Crippen LogP contribution in [0, 0.1) is 0 Å². The van der Waals surface area contributed by atoms with E-state index >= 15 is 0 Å². The number of carbonyl (C=O) groups is 1. The highest BCUT2D eigenvalue weighted by Crippen LogP contribution is 2.32. The molecule has 2 aromatic rings. The van der Waals surface area contributed by atoms with E-state index in [-0.39, 0.29) is 18.1 Å². The average Bonchev–Trinajstić information content (AvgIpc) is 3.04. The SMILES string of the molecule is CCS(=O)(=O)N1CCc2cc(C(=O)COc3ccc(Br)cc3Cl)ccc21. The maximum Gasteiger partial charge on any atom is 0.234 e. The van der Waals surface area contributed by atoms with E-state index in [0.29, 0.717) is 35.0 Å². The molecule has 1 aliphatic rings. The molecule has 0 radical (unpaired) electrons. The summed E-state index contributed by atoms with van der Waals surface area (Å²) in [6, 6.07) is 10.2. The number of halogens is 2. The van der Waals surface area contributed by atoms with Gasteiger partial charge in [0.25, 0.3) is 0 Å². The van der Waals surface area contributed by atoms with Crippen LogP contribution in [0.5, 0.6) is 5.75 Å². The molecule has 8 heteroatoms. The molecule has 3 rings (SSSR count). The molecule has 0 N–H and O–H groups in total. The lowest BCUT2D eigenvalue weighted by atomic mass is 10.1. The summed E-state index contributed by atoms with van der Waals surface area (Å²) in [5, 5.41) is 0.418. The van der Waals surface area contributed by atoms with Crippen molar-refractivity contribution in [3.8, 4) is 5.75 Å². The molecule has 0 unspecified atom stereocenters. The molecule has 0 saturated heterocycles. The molecule has 0 fully saturated rings. The summed E-state index contributed by atoms with van der Waals surface area (Å²) in [7, 11) is -3.29. The molecule has 26 heavy (non-hydrogen) atoms. The van der Waals surface area contributed by atoms with Crippen LogP contribution in [-0.2, 0) is 16.4 Å². The Kier molecular flexibility index (Phi) is 5.60. The van der Waals surface area contributed by atoms with E-state index in [4.69, 9.17) is 16.3 Å². The normalized spacial score (nSPS) is 13.6. The zero-order valence-corrected chi connectivity index (χ0v) is 17.2. The fourth-order valence-corrected chi connectivity index (χ4v) is 4.70. The van der Waals surface area contributed by atoms with E-state index in [1.807, 2.05) is 0 Å². The molecule has 1 aliphatic heterocycles. The van der Waals surface area contributed by atoms with Gasteiger partial charge < -0.3 is 4.74 Å². The Bertz CT molecular complexity index is 962. The predicted octanol–water partition coefficient (Wildman–Crippen LogP) is 4.08. The van der Waals surface area contributed by atoms with Gasteiger partial charge >= 0.3 is 0 Å². The van der Waals surface area contributed by atoms with Crippen molar-refractivity contribution in [3.63, 3.8) is 0 Å². The van der Waals surface area contributed by atoms with Gasteiger partial charge in [-0.2, -0.15) is 0 Å². The molecule has 0 spiro atoms. The van der Waals surface area contributed by atoms with Crippen molar-refractivity contribution in [2.75, 3.05) is 23.2 Å². The molecule has 1 heterocycles. The van der Waals surface area contributed by atoms with Gasteiger partial charge in [-0.15, -0.1) is 0 Å². The van der Waals surface area contributed by atoms with Gasteiger partial charge in [0, 0.05) is 16.6 Å². The minimum Gasteiger partial charge on any atom is -0.484 e. The second-order valence-electron chi connectivity index (χ2n) is 5.85. The summed E-state index contributed by atoms with van der Waals surface area (Å²) < 4.78 is 32.0. The third-order valence-electron chi connectivity index (χ3n) is 4.21. The number of fused-ring (bicyclic) bond motifs is 1. The van der Waals surface area contributed by atoms with Gasteiger partial charge in [-0.1, -0.05) is 27.5 Å². The molecule has 2 aromatic carbocycles. The van der Waals surface area contributed by atoms with E-state index in [1.54, 1.807) is 43.3 Å². The number of carbonyl (C=O) groups excluding carboxylic acids is 1. The van der Waals surface area contributed by atoms with Crippen LogP contribution in [0.4, 0.5) is 5.69 Å². The van der Waals surface area contributed by atoms with Gasteiger partial charge in [-0.3, -0.25) is 9.10 Å². The van der Waals surface area contributed by atoms with Gasteiger partial charge in [-0.25, -0.2) is 8.42 Å². The molecular formula is C18H17BrClNO4S. The van der Waals surface area contributed by atoms with Crippen molar-refractivity contribution >= 4 is 49.0 Å². The van der Waals surface area contributed by atoms with E-state index in [2.05, 4.69) is 15.9 Å². The lowest BCUT2D eigenvalue weighted by Crippen LogP contribution is -2.30. The van der Waals surface area contributed by atoms with Gasteiger partial charge in [0.15, 0.2) is 12.4 Å². The Morgan fingerprint density at radius 2 is 2.04 bits per heavy atom. The molecule has 0 amide bonds. The Morgan fingerprint density at radius 1 is 1.27 bits per heavy atom. The molecular weight excluding hydrogens is 442 g/mol. The highest BCUT2D eigenvalue weighted by molar-refractivity contribution is 9.10. The minimum atomic E-state index is -3.29. The monoisotopic (exact) mass is 457 g/mol. The summed E-state index contributed by atoms with van der Waals surface area (Å²) in [6.07, 6.45) is 0.592. The van der Waals surface area contributed by atoms with Gasteiger partial charge in [0.05, 0.1) is 16.5 Å². The van der Waals surface area contributed by atoms with E-state index in [0.717, 1.165) is 10.0 Å². The third kappa shape index (κ3) is 3.89. The Labute approximate surface area is 166 Å². The molecule has 5 nitrogen and oxygen atoms in total. The molecule has 0 atom stereocenters. The minimum absolute atomic E-state index is 0.0505. The summed E-state index contributed by atoms with van der Waals surface area (Å²) in [4.78, 5) is 12.4. The number of benzene rings is 2. The number of anilines is 1. The summed E-state index contributed by atoms with van der Waals surface area (Å²) in [5.41, 5.74) is 2.00. The smallest absolute Gasteiger partial charge is 0.234 e.